The summed E-state index contributed by atoms with van der Waals surface area (Å²) in [6.07, 6.45) is 0. The Hall–Kier alpha value is -0.770. The van der Waals surface area contributed by atoms with Gasteiger partial charge < -0.3 is 15.4 Å². The first-order valence-electron chi connectivity index (χ1n) is 4.07. The van der Waals surface area contributed by atoms with Gasteiger partial charge in [-0.2, -0.15) is 0 Å². The Balaban J connectivity index is 2.69. The minimum Gasteiger partial charge on any atom is -0.377 e. The number of rotatable bonds is 2. The second kappa shape index (κ2) is 2.94. The van der Waals surface area contributed by atoms with Crippen LogP contribution in [0.2, 0.25) is 0 Å². The van der Waals surface area contributed by atoms with Crippen LogP contribution < -0.4 is 5.73 Å². The maximum Gasteiger partial charge on any atom is 0.191 e. The van der Waals surface area contributed by atoms with Crippen LogP contribution in [0.25, 0.3) is 0 Å². The monoisotopic (exact) mass is 171 g/mol. The average molecular weight is 171 g/mol. The Morgan fingerprint density at radius 3 is 2.58 bits per heavy atom. The Labute approximate surface area is 73.4 Å². The van der Waals surface area contributed by atoms with Crippen molar-refractivity contribution in [1.29, 1.82) is 0 Å². The summed E-state index contributed by atoms with van der Waals surface area (Å²) in [6, 6.07) is 0.252. The molecule has 0 amide bonds. The molecule has 4 nitrogen and oxygen atoms in total. The van der Waals surface area contributed by atoms with Crippen LogP contribution in [0.3, 0.4) is 0 Å². The van der Waals surface area contributed by atoms with Gasteiger partial charge in [-0.05, 0) is 13.8 Å². The Bertz CT molecular complexity index is 200. The fourth-order valence-electron chi connectivity index (χ4n) is 1.40. The van der Waals surface area contributed by atoms with E-state index in [2.05, 4.69) is 4.99 Å². The van der Waals surface area contributed by atoms with Gasteiger partial charge in [0.25, 0.3) is 0 Å². The Morgan fingerprint density at radius 2 is 2.25 bits per heavy atom. The number of guanidine groups is 1. The third kappa shape index (κ3) is 1.39. The van der Waals surface area contributed by atoms with Gasteiger partial charge >= 0.3 is 0 Å². The average Bonchev–Trinajstić information content (AvgIpc) is 2.33. The zero-order valence-corrected chi connectivity index (χ0v) is 8.16. The van der Waals surface area contributed by atoms with E-state index in [9.17, 15) is 0 Å². The van der Waals surface area contributed by atoms with Crippen LogP contribution in [-0.4, -0.2) is 43.2 Å². The van der Waals surface area contributed by atoms with E-state index in [1.807, 2.05) is 25.8 Å². The quantitative estimate of drug-likeness (QED) is 0.638. The zero-order chi connectivity index (χ0) is 9.35. The van der Waals surface area contributed by atoms with Gasteiger partial charge in [-0.25, -0.2) is 0 Å². The number of aliphatic imine (C=N–C) groups is 1. The molecule has 0 radical (unpaired) electrons. The highest BCUT2D eigenvalue weighted by atomic mass is 16.5. The van der Waals surface area contributed by atoms with E-state index in [-0.39, 0.29) is 11.6 Å². The van der Waals surface area contributed by atoms with Crippen LogP contribution in [0.5, 0.6) is 0 Å². The molecule has 1 atom stereocenters. The predicted octanol–water partition coefficient (Wildman–Crippen LogP) is 0.0401. The fourth-order valence-corrected chi connectivity index (χ4v) is 1.40. The molecule has 0 spiro atoms. The molecule has 1 heterocycles. The van der Waals surface area contributed by atoms with Gasteiger partial charge in [-0.15, -0.1) is 0 Å². The van der Waals surface area contributed by atoms with Gasteiger partial charge in [0.15, 0.2) is 5.96 Å². The highest BCUT2D eigenvalue weighted by Crippen LogP contribution is 2.21. The van der Waals surface area contributed by atoms with E-state index >= 15 is 0 Å². The number of ether oxygens (including phenoxy) is 1. The molecule has 0 aromatic carbocycles. The smallest absolute Gasteiger partial charge is 0.191 e. The summed E-state index contributed by atoms with van der Waals surface area (Å²) in [6.45, 7) is 4.81. The Morgan fingerprint density at radius 1 is 1.67 bits per heavy atom. The van der Waals surface area contributed by atoms with Crippen LogP contribution in [0.1, 0.15) is 13.8 Å². The maximum atomic E-state index is 5.64. The topological polar surface area (TPSA) is 50.9 Å². The number of nitrogens with zero attached hydrogens (tertiary/aromatic N) is 2. The molecule has 0 fully saturated rings. The molecule has 0 saturated heterocycles. The summed E-state index contributed by atoms with van der Waals surface area (Å²) in [4.78, 5) is 6.11. The molecule has 0 aliphatic carbocycles. The highest BCUT2D eigenvalue weighted by molar-refractivity contribution is 5.80. The van der Waals surface area contributed by atoms with Gasteiger partial charge in [0.2, 0.25) is 0 Å². The molecular formula is C8H17N3O. The first-order valence-corrected chi connectivity index (χ1v) is 4.07. The molecule has 0 aromatic rings. The maximum absolute atomic E-state index is 5.64. The second-order valence-corrected chi connectivity index (χ2v) is 3.63. The molecule has 0 saturated carbocycles. The summed E-state index contributed by atoms with van der Waals surface area (Å²) in [5.74, 6) is 0.602. The van der Waals surface area contributed by atoms with Gasteiger partial charge in [-0.3, -0.25) is 4.99 Å². The Kier molecular flexibility index (Phi) is 2.28. The summed E-state index contributed by atoms with van der Waals surface area (Å²) in [7, 11) is 3.65. The molecule has 1 aliphatic rings. The van der Waals surface area contributed by atoms with Gasteiger partial charge in [-0.1, -0.05) is 0 Å². The molecular weight excluding hydrogens is 154 g/mol. The molecule has 4 heteroatoms. The molecule has 1 unspecified atom stereocenters. The summed E-state index contributed by atoms with van der Waals surface area (Å²) in [5, 5.41) is 0. The molecule has 70 valence electrons. The minimum absolute atomic E-state index is 0.195. The minimum atomic E-state index is -0.195. The van der Waals surface area contributed by atoms with Crippen LogP contribution in [-0.2, 0) is 4.74 Å². The van der Waals surface area contributed by atoms with Crippen LogP contribution >= 0.6 is 0 Å². The summed E-state index contributed by atoms with van der Waals surface area (Å²) >= 11 is 0. The van der Waals surface area contributed by atoms with E-state index in [1.165, 1.54) is 0 Å². The lowest BCUT2D eigenvalue weighted by atomic mass is 9.98. The third-order valence-corrected chi connectivity index (χ3v) is 2.58. The van der Waals surface area contributed by atoms with Crippen molar-refractivity contribution in [1.82, 2.24) is 4.90 Å². The standard InChI is InChI=1S/C8H17N3O/c1-8(2,12-4)6-5-10-7(9)11(6)3/h6H,5H2,1-4H3,(H2,9,10). The first kappa shape index (κ1) is 9.32. The normalized spacial score (nSPS) is 24.5. The van der Waals surface area contributed by atoms with Gasteiger partial charge in [0.1, 0.15) is 0 Å². The molecule has 0 bridgehead atoms. The lowest BCUT2D eigenvalue weighted by Gasteiger charge is -2.34. The van der Waals surface area contributed by atoms with Crippen molar-refractivity contribution in [3.63, 3.8) is 0 Å². The number of methoxy groups -OCH3 is 1. The van der Waals surface area contributed by atoms with Crippen molar-refractivity contribution < 1.29 is 4.74 Å². The van der Waals surface area contributed by atoms with Crippen molar-refractivity contribution in [3.8, 4) is 0 Å². The first-order chi connectivity index (χ1) is 5.49. The largest absolute Gasteiger partial charge is 0.377 e. The molecule has 1 rings (SSSR count). The highest BCUT2D eigenvalue weighted by Gasteiger charge is 2.36. The zero-order valence-electron chi connectivity index (χ0n) is 8.16. The number of hydrogen-bond acceptors (Lipinski definition) is 4. The van der Waals surface area contributed by atoms with Crippen LogP contribution in [0.15, 0.2) is 4.99 Å². The fraction of sp³-hybridized carbons (Fsp3) is 0.875. The van der Waals surface area contributed by atoms with Crippen molar-refractivity contribution >= 4 is 5.96 Å². The van der Waals surface area contributed by atoms with Crippen molar-refractivity contribution in [2.45, 2.75) is 25.5 Å². The van der Waals surface area contributed by atoms with Crippen molar-refractivity contribution in [3.05, 3.63) is 0 Å². The van der Waals surface area contributed by atoms with E-state index in [0.717, 1.165) is 6.54 Å². The van der Waals surface area contributed by atoms with Gasteiger partial charge in [0.05, 0.1) is 18.2 Å². The van der Waals surface area contributed by atoms with Crippen molar-refractivity contribution in [2.75, 3.05) is 20.7 Å². The van der Waals surface area contributed by atoms with E-state index < -0.39 is 0 Å². The molecule has 12 heavy (non-hydrogen) atoms. The summed E-state index contributed by atoms with van der Waals surface area (Å²) < 4.78 is 5.37. The molecule has 0 aromatic heterocycles. The van der Waals surface area contributed by atoms with E-state index in [1.54, 1.807) is 7.11 Å². The summed E-state index contributed by atoms with van der Waals surface area (Å²) in [5.41, 5.74) is 5.45. The van der Waals surface area contributed by atoms with E-state index in [4.69, 9.17) is 10.5 Å². The number of nitrogens with two attached hydrogens (primary N) is 1. The second-order valence-electron chi connectivity index (χ2n) is 3.63. The molecule has 2 N–H and O–H groups in total. The number of likely N-dealkylation sites (N-methyl/N-ethyl adjacent to an activating group) is 1. The van der Waals surface area contributed by atoms with E-state index in [0.29, 0.717) is 5.96 Å². The lowest BCUT2D eigenvalue weighted by molar-refractivity contribution is -0.0233. The number of hydrogen-bond donors (Lipinski definition) is 1. The third-order valence-electron chi connectivity index (χ3n) is 2.58. The van der Waals surface area contributed by atoms with Crippen molar-refractivity contribution in [2.24, 2.45) is 10.7 Å². The lowest BCUT2D eigenvalue weighted by Crippen LogP contribution is -2.50. The molecule has 1 aliphatic heterocycles. The van der Waals surface area contributed by atoms with Crippen LogP contribution in [0, 0.1) is 0 Å². The predicted molar refractivity (Wildman–Crippen MR) is 49.1 cm³/mol. The van der Waals surface area contributed by atoms with Gasteiger partial charge in [0, 0.05) is 14.2 Å². The SMILES string of the molecule is COC(C)(C)C1CN=C(N)N1C. The van der Waals surface area contributed by atoms with Crippen LogP contribution in [0.4, 0.5) is 0 Å².